The van der Waals surface area contributed by atoms with Crippen LogP contribution < -0.4 is 53.9 Å². The number of benzene rings is 10. The molecule has 0 aliphatic rings. The largest absolute Gasteiger partial charge is 0.496 e. The van der Waals surface area contributed by atoms with E-state index in [9.17, 15) is 47.9 Å². The standard InChI is InChI=1S/C12H14O4.C12H16O3.C11H12N2O3.C11H11NO3.C11H14O4.C11H14O3.C10H12N4O.C10H12O3.C10H12O2S.C9H10O2S/c1-3-16-11-6-8(2)4-5-9(11)7-10(13)12(14)15;1-3-15-11-8-9(2)4-5-10(11)6-7-12(13)14;1-3-15-9-6-7(2)4-5-8(9)10-12-11(14)16-13-10;1-7-3-4-8(9(5-7)14-2)10-6-11(13)12-15-10;1-3-14-10-6-8(2)4-5-9(10)15-7-11(12)13;1-3-14-10-6-8(2)4-5-9(10)7-11(12)13;1-3-15-9-6-7(2)4-5-8(9)10-11-13-14-12-10;2*1-3-13-9-6-7(2)4-5-8(9)10(11)12;1-6-3-4-7(9(10)11)8(5-6)12-2/h4-6H,3,7H2,1-2H3,(H,14,15);4-5,8H,3,6-7H2,1-2H3,(H,13,14);4-6H,3H2,1-2H3,(H,12,13,14);3-6H,1-2H3,(H,12,13);4-6H,3,7H2,1-2H3,(H,12,13);4-6H,3,7H2,1-2H3,(H,12,13);4-6H,3H2,1-2H3,(H,11,12,13,14);2*4-6H,3H2,1-2H3,(H,11,12);3-5H,1-2H3,(H,10,11). The molecule has 0 saturated heterocycles. The predicted octanol–water partition coefficient (Wildman–Crippen LogP) is 20.5. The van der Waals surface area contributed by atoms with Crippen LogP contribution in [0.15, 0.2) is 216 Å². The van der Waals surface area contributed by atoms with Crippen molar-refractivity contribution in [3.63, 3.8) is 0 Å². The third-order valence-corrected chi connectivity index (χ3v) is 20.8. The molecular weight excluding hydrogens is 1900 g/mol. The quantitative estimate of drug-likeness (QED) is 0.0130. The minimum Gasteiger partial charge on any atom is -0.496 e. The van der Waals surface area contributed by atoms with Crippen LogP contribution >= 0.6 is 23.5 Å². The molecule has 3 heterocycles. The van der Waals surface area contributed by atoms with Crippen molar-refractivity contribution in [2.75, 3.05) is 72.0 Å². The highest BCUT2D eigenvalue weighted by Crippen LogP contribution is 2.34. The molecule has 0 aliphatic heterocycles. The van der Waals surface area contributed by atoms with Gasteiger partial charge in [-0.1, -0.05) is 90.9 Å². The fourth-order valence-corrected chi connectivity index (χ4v) is 14.1. The number of methoxy groups -OCH3 is 1. The number of nitrogens with one attached hydrogen (secondary N) is 3. The fraction of sp³-hybridized carbons (Fsp3) is 0.308. The number of aryl methyl sites for hydroxylation is 11. The third-order valence-electron chi connectivity index (χ3n) is 19.1. The zero-order valence-corrected chi connectivity index (χ0v) is 86.0. The van der Waals surface area contributed by atoms with E-state index in [-0.39, 0.29) is 37.0 Å². The molecular formula is C107H127N7O28S2. The summed E-state index contributed by atoms with van der Waals surface area (Å²) in [7, 11) is 1.59. The van der Waals surface area contributed by atoms with Crippen LogP contribution in [0.5, 0.6) is 51.7 Å². The first-order valence-corrected chi connectivity index (χ1v) is 47.7. The SMILES string of the molecule is CCOc1cc(C)ccc1-c1nn[nH]n1.CCOc1cc(C)ccc1-c1noc(=O)[nH]1.CCOc1cc(C)ccc1C(=O)O.CCOc1cc(C)ccc1CC(=O)C(=O)O.CCOc1cc(C)ccc1CC(=O)O.CCOc1cc(C)ccc1CCC(=O)O.CCOc1cc(C)ccc1OCC(=O)O.CCSc1cc(C)ccc1C(=O)O.COc1cc(C)ccc1-c1cc(=O)[nH]o1.CSc1cc(C)ccc1C(=O)O. The fourth-order valence-electron chi connectivity index (χ4n) is 12.5. The molecule has 0 amide bonds. The summed E-state index contributed by atoms with van der Waals surface area (Å²) in [5.74, 6) is -0.0729. The number of ketones is 1. The molecule has 0 fully saturated rings. The van der Waals surface area contributed by atoms with Crippen LogP contribution in [0.25, 0.3) is 34.1 Å². The Kier molecular flexibility index (Phi) is 53.9. The van der Waals surface area contributed by atoms with Crippen LogP contribution in [-0.2, 0) is 43.2 Å². The molecule has 0 saturated carbocycles. The summed E-state index contributed by atoms with van der Waals surface area (Å²) in [5.41, 5.74) is 16.1. The van der Waals surface area contributed by atoms with Crippen molar-refractivity contribution in [1.29, 1.82) is 0 Å². The van der Waals surface area contributed by atoms with Gasteiger partial charge in [0.2, 0.25) is 11.6 Å². The molecule has 35 nitrogen and oxygen atoms in total. The van der Waals surface area contributed by atoms with E-state index in [4.69, 9.17) is 82.9 Å². The Bertz CT molecular complexity index is 6290. The molecule has 13 rings (SSSR count). The number of H-pyrrole nitrogens is 3. The van der Waals surface area contributed by atoms with Crippen LogP contribution in [-0.4, -0.2) is 191 Å². The molecule has 0 bridgehead atoms. The summed E-state index contributed by atoms with van der Waals surface area (Å²) < 4.78 is 57.5. The Morgan fingerprint density at radius 2 is 0.771 bits per heavy atom. The van der Waals surface area contributed by atoms with Gasteiger partial charge in [0.1, 0.15) is 45.8 Å². The van der Waals surface area contributed by atoms with Gasteiger partial charge in [-0.25, -0.2) is 28.8 Å². The molecule has 37 heteroatoms. The summed E-state index contributed by atoms with van der Waals surface area (Å²) in [6.45, 7) is 38.2. The summed E-state index contributed by atoms with van der Waals surface area (Å²) in [6, 6.07) is 56.5. The van der Waals surface area contributed by atoms with E-state index in [0.717, 1.165) is 110 Å². The number of aromatic nitrogens is 7. The lowest BCUT2D eigenvalue weighted by atomic mass is 10.1. The number of carboxylic acids is 7. The molecule has 0 spiro atoms. The number of tetrazole rings is 1. The van der Waals surface area contributed by atoms with Gasteiger partial charge < -0.3 is 82.9 Å². The van der Waals surface area contributed by atoms with Gasteiger partial charge in [-0.05, 0) is 306 Å². The van der Waals surface area contributed by atoms with Gasteiger partial charge in [-0.15, -0.1) is 33.7 Å². The smallest absolute Gasteiger partial charge is 0.439 e. The highest BCUT2D eigenvalue weighted by Gasteiger charge is 2.20. The number of carbonyl (C=O) groups is 8. The number of rotatable bonds is 35. The lowest BCUT2D eigenvalue weighted by Crippen LogP contribution is -2.15. The molecule has 0 radical (unpaired) electrons. The number of Topliss-reactive ketones (excluding diaryl/α,β-unsaturated/α-hetero) is 1. The third kappa shape index (κ3) is 43.4. The van der Waals surface area contributed by atoms with Crippen LogP contribution in [0, 0.1) is 69.2 Å². The maximum atomic E-state index is 11.1. The van der Waals surface area contributed by atoms with Crippen molar-refractivity contribution < 1.29 is 126 Å². The normalized spacial score (nSPS) is 10.0. The van der Waals surface area contributed by atoms with Gasteiger partial charge in [0.15, 0.2) is 29.7 Å². The molecule has 144 heavy (non-hydrogen) atoms. The number of aromatic amines is 3. The number of aliphatic carboxylic acids is 4. The number of ether oxygens (including phenoxy) is 9. The lowest BCUT2D eigenvalue weighted by Gasteiger charge is -2.10. The number of hydrogen-bond donors (Lipinski definition) is 10. The first-order chi connectivity index (χ1) is 68.6. The average Bonchev–Trinajstić information content (AvgIpc) is 1.64. The molecule has 10 aromatic carbocycles. The number of nitrogens with zero attached hydrogens (tertiary/aromatic N) is 4. The molecule has 770 valence electrons. The van der Waals surface area contributed by atoms with E-state index < -0.39 is 53.3 Å². The number of carbonyl (C=O) groups excluding carboxylic acids is 1. The van der Waals surface area contributed by atoms with Crippen LogP contribution in [0.1, 0.15) is 165 Å². The van der Waals surface area contributed by atoms with E-state index in [1.54, 1.807) is 73.5 Å². The van der Waals surface area contributed by atoms with Gasteiger partial charge >= 0.3 is 47.5 Å². The van der Waals surface area contributed by atoms with Gasteiger partial charge in [0.05, 0.1) is 93.7 Å². The summed E-state index contributed by atoms with van der Waals surface area (Å²) >= 11 is 3.02. The summed E-state index contributed by atoms with van der Waals surface area (Å²) in [5, 5.41) is 80.4. The Hall–Kier alpha value is -15.9. The maximum absolute atomic E-state index is 11.1. The number of thioether (sulfide) groups is 2. The van der Waals surface area contributed by atoms with Crippen molar-refractivity contribution in [2.45, 2.75) is 160 Å². The Balaban J connectivity index is 0.000000334. The monoisotopic (exact) mass is 2020 g/mol. The van der Waals surface area contributed by atoms with E-state index in [2.05, 4.69) is 40.4 Å². The van der Waals surface area contributed by atoms with E-state index in [1.165, 1.54) is 17.8 Å². The minimum absolute atomic E-state index is 0.00954. The lowest BCUT2D eigenvalue weighted by molar-refractivity contribution is -0.148. The molecule has 10 N–H and O–H groups in total. The van der Waals surface area contributed by atoms with Crippen LogP contribution in [0.4, 0.5) is 0 Å². The van der Waals surface area contributed by atoms with Gasteiger partial charge in [0.25, 0.3) is 5.56 Å². The van der Waals surface area contributed by atoms with Crippen molar-refractivity contribution in [3.8, 4) is 85.8 Å². The topological polar surface area (TPSA) is 521 Å². The van der Waals surface area contributed by atoms with Crippen molar-refractivity contribution in [1.82, 2.24) is 35.9 Å². The molecule has 0 atom stereocenters. The molecule has 0 aliphatic carbocycles. The highest BCUT2D eigenvalue weighted by atomic mass is 32.2. The molecule has 13 aromatic rings. The summed E-state index contributed by atoms with van der Waals surface area (Å²) in [4.78, 5) is 111. The van der Waals surface area contributed by atoms with E-state index >= 15 is 0 Å². The van der Waals surface area contributed by atoms with E-state index in [1.807, 2.05) is 258 Å². The number of hydrogen-bond acceptors (Lipinski definition) is 27. The van der Waals surface area contributed by atoms with Crippen LogP contribution in [0.3, 0.4) is 0 Å². The zero-order valence-electron chi connectivity index (χ0n) is 84.4. The Morgan fingerprint density at radius 3 is 1.19 bits per heavy atom. The number of carboxylic acid groups (broad SMARTS) is 7. The van der Waals surface area contributed by atoms with Gasteiger partial charge in [-0.3, -0.25) is 28.7 Å². The van der Waals surface area contributed by atoms with Gasteiger partial charge in [-0.2, -0.15) is 10.4 Å². The van der Waals surface area contributed by atoms with Crippen molar-refractivity contribution >= 4 is 71.1 Å². The second-order valence-electron chi connectivity index (χ2n) is 30.9. The first-order valence-electron chi connectivity index (χ1n) is 45.5. The van der Waals surface area contributed by atoms with Gasteiger partial charge in [0, 0.05) is 33.8 Å². The zero-order chi connectivity index (χ0) is 107. The average molecular weight is 2020 g/mol. The highest BCUT2D eigenvalue weighted by molar-refractivity contribution is 7.99. The first kappa shape index (κ1) is 120. The maximum Gasteiger partial charge on any atom is 0.439 e. The predicted molar refractivity (Wildman–Crippen MR) is 550 cm³/mol. The molecule has 3 aromatic heterocycles. The molecule has 0 unspecified atom stereocenters. The van der Waals surface area contributed by atoms with Crippen molar-refractivity contribution in [3.05, 3.63) is 298 Å². The number of aromatic carboxylic acids is 3. The minimum atomic E-state index is -1.41. The van der Waals surface area contributed by atoms with Crippen LogP contribution in [0.2, 0.25) is 0 Å². The van der Waals surface area contributed by atoms with E-state index in [0.29, 0.717) is 127 Å². The van der Waals surface area contributed by atoms with Crippen molar-refractivity contribution in [2.24, 2.45) is 0 Å². The second-order valence-corrected chi connectivity index (χ2v) is 33.0. The Labute approximate surface area is 843 Å². The second kappa shape index (κ2) is 64.4. The Morgan fingerprint density at radius 1 is 0.382 bits per heavy atom. The summed E-state index contributed by atoms with van der Waals surface area (Å²) in [6.07, 6.45) is 2.41.